The Hall–Kier alpha value is 0.1000. The van der Waals surface area contributed by atoms with Crippen LogP contribution < -0.4 is 5.73 Å². The fourth-order valence-corrected chi connectivity index (χ4v) is 4.88. The molecule has 1 unspecified atom stereocenters. The molecule has 2 fully saturated rings. The highest BCUT2D eigenvalue weighted by Crippen LogP contribution is 2.39. The van der Waals surface area contributed by atoms with Crippen molar-refractivity contribution in [1.82, 2.24) is 4.90 Å². The van der Waals surface area contributed by atoms with E-state index in [0.29, 0.717) is 12.6 Å². The first-order chi connectivity index (χ1) is 10.2. The van der Waals surface area contributed by atoms with Gasteiger partial charge >= 0.3 is 0 Å². The molecule has 1 aromatic carbocycles. The van der Waals surface area contributed by atoms with Crippen LogP contribution in [0.1, 0.15) is 50.1 Å². The van der Waals surface area contributed by atoms with E-state index in [1.165, 1.54) is 50.6 Å². The van der Waals surface area contributed by atoms with E-state index in [9.17, 15) is 0 Å². The zero-order valence-electron chi connectivity index (χ0n) is 12.4. The van der Waals surface area contributed by atoms with E-state index in [1.807, 2.05) is 0 Å². The molecule has 1 saturated carbocycles. The number of nitrogens with zero attached hydrogens (tertiary/aromatic N) is 1. The molecule has 2 N–H and O–H groups in total. The molecule has 116 valence electrons. The maximum Gasteiger partial charge on any atom is 0.0473 e. The number of halogens is 2. The number of piperidine rings is 1. The Balaban J connectivity index is 1.85. The Morgan fingerprint density at radius 3 is 2.62 bits per heavy atom. The average Bonchev–Trinajstić information content (AvgIpc) is 2.52. The molecule has 0 radical (unpaired) electrons. The molecule has 0 amide bonds. The maximum absolute atomic E-state index is 6.18. The lowest BCUT2D eigenvalue weighted by Crippen LogP contribution is -2.49. The molecular weight excluding hydrogens is 392 g/mol. The van der Waals surface area contributed by atoms with Gasteiger partial charge in [0.2, 0.25) is 0 Å². The molecule has 0 bridgehead atoms. The number of benzene rings is 1. The lowest BCUT2D eigenvalue weighted by atomic mass is 9.77. The van der Waals surface area contributed by atoms with Gasteiger partial charge in [-0.15, -0.1) is 0 Å². The van der Waals surface area contributed by atoms with Gasteiger partial charge in [0.15, 0.2) is 0 Å². The van der Waals surface area contributed by atoms with Gasteiger partial charge in [0.1, 0.15) is 0 Å². The summed E-state index contributed by atoms with van der Waals surface area (Å²) in [7, 11) is 0. The monoisotopic (exact) mass is 414 g/mol. The SMILES string of the molecule is NCC(c1ccc(Br)c(Br)c1)N1CCC[C@H]2CCCC[C@H]21. The van der Waals surface area contributed by atoms with E-state index in [2.05, 4.69) is 55.0 Å². The molecule has 0 spiro atoms. The van der Waals surface area contributed by atoms with E-state index >= 15 is 0 Å². The first kappa shape index (κ1) is 16.0. The minimum atomic E-state index is 0.361. The van der Waals surface area contributed by atoms with Crippen molar-refractivity contribution in [2.24, 2.45) is 11.7 Å². The highest BCUT2D eigenvalue weighted by molar-refractivity contribution is 9.13. The van der Waals surface area contributed by atoms with Crippen LogP contribution in [0.25, 0.3) is 0 Å². The highest BCUT2D eigenvalue weighted by atomic mass is 79.9. The molecule has 2 aliphatic rings. The van der Waals surface area contributed by atoms with Crippen molar-refractivity contribution in [3.05, 3.63) is 32.7 Å². The van der Waals surface area contributed by atoms with Gasteiger partial charge in [0.25, 0.3) is 0 Å². The molecular formula is C17H24Br2N2. The molecule has 1 aliphatic heterocycles. The van der Waals surface area contributed by atoms with Crippen molar-refractivity contribution in [3.8, 4) is 0 Å². The Kier molecular flexibility index (Phi) is 5.41. The lowest BCUT2D eigenvalue weighted by Gasteiger charge is -2.47. The van der Waals surface area contributed by atoms with Gasteiger partial charge in [-0.3, -0.25) is 4.90 Å². The van der Waals surface area contributed by atoms with Crippen LogP contribution in [0.5, 0.6) is 0 Å². The van der Waals surface area contributed by atoms with E-state index in [-0.39, 0.29) is 0 Å². The standard InChI is InChI=1S/C17H24Br2N2/c18-14-8-7-13(10-15(14)19)17(11-20)21-9-3-5-12-4-1-2-6-16(12)21/h7-8,10,12,16-17H,1-6,9,11,20H2/t12-,16-,17?/m1/s1. The summed E-state index contributed by atoms with van der Waals surface area (Å²) in [5.41, 5.74) is 7.52. The molecule has 21 heavy (non-hydrogen) atoms. The first-order valence-corrected chi connectivity index (χ1v) is 9.70. The molecule has 1 saturated heterocycles. The molecule has 2 nitrogen and oxygen atoms in total. The normalized spacial score (nSPS) is 28.1. The predicted molar refractivity (Wildman–Crippen MR) is 95.3 cm³/mol. The zero-order chi connectivity index (χ0) is 14.8. The lowest BCUT2D eigenvalue weighted by molar-refractivity contribution is 0.0276. The summed E-state index contributed by atoms with van der Waals surface area (Å²) in [5.74, 6) is 0.903. The van der Waals surface area contributed by atoms with Gasteiger partial charge in [0.05, 0.1) is 0 Å². The van der Waals surface area contributed by atoms with E-state index < -0.39 is 0 Å². The maximum atomic E-state index is 6.18. The second-order valence-electron chi connectivity index (χ2n) is 6.42. The van der Waals surface area contributed by atoms with E-state index in [4.69, 9.17) is 5.73 Å². The van der Waals surface area contributed by atoms with Crippen molar-refractivity contribution in [3.63, 3.8) is 0 Å². The van der Waals surface area contributed by atoms with Crippen molar-refractivity contribution in [2.75, 3.05) is 13.1 Å². The topological polar surface area (TPSA) is 29.3 Å². The molecule has 0 aromatic heterocycles. The third-order valence-corrected chi connectivity index (χ3v) is 7.12. The largest absolute Gasteiger partial charge is 0.329 e. The van der Waals surface area contributed by atoms with Gasteiger partial charge in [-0.2, -0.15) is 0 Å². The summed E-state index contributed by atoms with van der Waals surface area (Å²) in [5, 5.41) is 0. The van der Waals surface area contributed by atoms with Crippen molar-refractivity contribution >= 4 is 31.9 Å². The minimum absolute atomic E-state index is 0.361. The van der Waals surface area contributed by atoms with Crippen LogP contribution in [0, 0.1) is 5.92 Å². The summed E-state index contributed by atoms with van der Waals surface area (Å²) in [6.07, 6.45) is 8.34. The summed E-state index contributed by atoms with van der Waals surface area (Å²) in [6, 6.07) is 7.70. The molecule has 1 aromatic rings. The van der Waals surface area contributed by atoms with Crippen LogP contribution >= 0.6 is 31.9 Å². The quantitative estimate of drug-likeness (QED) is 0.763. The number of hydrogen-bond donors (Lipinski definition) is 1. The smallest absolute Gasteiger partial charge is 0.0473 e. The fraction of sp³-hybridized carbons (Fsp3) is 0.647. The fourth-order valence-electron chi connectivity index (χ4n) is 4.23. The van der Waals surface area contributed by atoms with Crippen molar-refractivity contribution in [2.45, 2.75) is 50.6 Å². The first-order valence-electron chi connectivity index (χ1n) is 8.11. The van der Waals surface area contributed by atoms with Gasteiger partial charge < -0.3 is 5.73 Å². The van der Waals surface area contributed by atoms with Crippen LogP contribution in [0.2, 0.25) is 0 Å². The third kappa shape index (κ3) is 3.39. The summed E-state index contributed by atoms with van der Waals surface area (Å²) >= 11 is 7.19. The second kappa shape index (κ2) is 7.12. The third-order valence-electron chi connectivity index (χ3n) is 5.24. The Labute approximate surface area is 144 Å². The molecule has 1 aliphatic carbocycles. The van der Waals surface area contributed by atoms with Gasteiger partial charge in [-0.25, -0.2) is 0 Å². The Bertz CT molecular complexity index is 490. The number of rotatable bonds is 3. The minimum Gasteiger partial charge on any atom is -0.329 e. The van der Waals surface area contributed by atoms with Gasteiger partial charge in [0, 0.05) is 27.6 Å². The summed E-state index contributed by atoms with van der Waals surface area (Å²) in [6.45, 7) is 1.91. The van der Waals surface area contributed by atoms with Crippen molar-refractivity contribution in [1.29, 1.82) is 0 Å². The second-order valence-corrected chi connectivity index (χ2v) is 8.13. The van der Waals surface area contributed by atoms with Crippen molar-refractivity contribution < 1.29 is 0 Å². The highest BCUT2D eigenvalue weighted by Gasteiger charge is 2.36. The van der Waals surface area contributed by atoms with Gasteiger partial charge in [-0.1, -0.05) is 18.9 Å². The Morgan fingerprint density at radius 2 is 1.86 bits per heavy atom. The van der Waals surface area contributed by atoms with E-state index in [0.717, 1.165) is 20.9 Å². The molecule has 1 heterocycles. The number of likely N-dealkylation sites (tertiary alicyclic amines) is 1. The molecule has 3 atom stereocenters. The average molecular weight is 416 g/mol. The summed E-state index contributed by atoms with van der Waals surface area (Å²) in [4.78, 5) is 2.71. The molecule has 3 rings (SSSR count). The molecule has 4 heteroatoms. The predicted octanol–water partition coefficient (Wildman–Crippen LogP) is 4.87. The number of fused-ring (bicyclic) bond motifs is 1. The summed E-state index contributed by atoms with van der Waals surface area (Å²) < 4.78 is 2.23. The van der Waals surface area contributed by atoms with Crippen LogP contribution in [0.3, 0.4) is 0 Å². The zero-order valence-corrected chi connectivity index (χ0v) is 15.6. The van der Waals surface area contributed by atoms with Crippen LogP contribution in [-0.4, -0.2) is 24.0 Å². The van der Waals surface area contributed by atoms with Crippen LogP contribution in [0.4, 0.5) is 0 Å². The number of nitrogens with two attached hydrogens (primary N) is 1. The van der Waals surface area contributed by atoms with Crippen LogP contribution in [0.15, 0.2) is 27.1 Å². The number of hydrogen-bond acceptors (Lipinski definition) is 2. The Morgan fingerprint density at radius 1 is 1.10 bits per heavy atom. The van der Waals surface area contributed by atoms with E-state index in [1.54, 1.807) is 0 Å². The van der Waals surface area contributed by atoms with Gasteiger partial charge in [-0.05, 0) is 87.7 Å². The van der Waals surface area contributed by atoms with Crippen LogP contribution in [-0.2, 0) is 0 Å².